The highest BCUT2D eigenvalue weighted by Crippen LogP contribution is 2.41. The highest BCUT2D eigenvalue weighted by atomic mass is 79.9. The minimum Gasteiger partial charge on any atom is -0.454 e. The van der Waals surface area contributed by atoms with Crippen molar-refractivity contribution in [2.75, 3.05) is 6.61 Å². The van der Waals surface area contributed by atoms with Gasteiger partial charge in [-0.05, 0) is 54.4 Å². The van der Waals surface area contributed by atoms with Crippen molar-refractivity contribution in [3.05, 3.63) is 75.4 Å². The van der Waals surface area contributed by atoms with Crippen molar-refractivity contribution in [2.45, 2.75) is 46.5 Å². The van der Waals surface area contributed by atoms with E-state index in [1.165, 1.54) is 0 Å². The van der Waals surface area contributed by atoms with Gasteiger partial charge in [0.15, 0.2) is 12.4 Å². The first-order valence-corrected chi connectivity index (χ1v) is 12.0. The van der Waals surface area contributed by atoms with Gasteiger partial charge in [-0.15, -0.1) is 0 Å². The molecule has 0 spiro atoms. The Morgan fingerprint density at radius 2 is 1.84 bits per heavy atom. The van der Waals surface area contributed by atoms with Crippen molar-refractivity contribution in [3.63, 3.8) is 0 Å². The molecule has 0 bridgehead atoms. The number of ether oxygens (including phenoxy) is 1. The normalized spacial score (nSPS) is 15.9. The number of rotatable bonds is 6. The predicted molar refractivity (Wildman–Crippen MR) is 130 cm³/mol. The summed E-state index contributed by atoms with van der Waals surface area (Å²) >= 11 is 3.37. The third kappa shape index (κ3) is 4.49. The van der Waals surface area contributed by atoms with Crippen molar-refractivity contribution in [2.24, 2.45) is 11.3 Å². The number of hydrogen-bond donors (Lipinski definition) is 0. The minimum atomic E-state index is -0.444. The van der Waals surface area contributed by atoms with Gasteiger partial charge in [-0.25, -0.2) is 4.79 Å². The van der Waals surface area contributed by atoms with E-state index in [0.717, 1.165) is 52.3 Å². The summed E-state index contributed by atoms with van der Waals surface area (Å²) in [7, 11) is 0. The summed E-state index contributed by atoms with van der Waals surface area (Å²) in [6.45, 7) is 6.53. The molecular formula is C27H28BrNO3. The van der Waals surface area contributed by atoms with Crippen LogP contribution in [0, 0.1) is 11.3 Å². The van der Waals surface area contributed by atoms with Crippen LogP contribution in [0.1, 0.15) is 65.6 Å². The number of aromatic nitrogens is 1. The van der Waals surface area contributed by atoms with Crippen molar-refractivity contribution in [1.29, 1.82) is 0 Å². The molecule has 1 unspecified atom stereocenters. The van der Waals surface area contributed by atoms with E-state index in [1.807, 2.05) is 24.3 Å². The topological polar surface area (TPSA) is 56.3 Å². The van der Waals surface area contributed by atoms with Crippen LogP contribution in [-0.2, 0) is 17.6 Å². The van der Waals surface area contributed by atoms with E-state index in [2.05, 4.69) is 36.7 Å². The van der Waals surface area contributed by atoms with Gasteiger partial charge in [-0.2, -0.15) is 0 Å². The maximum Gasteiger partial charge on any atom is 0.339 e. The Morgan fingerprint density at radius 1 is 1.12 bits per heavy atom. The van der Waals surface area contributed by atoms with E-state index < -0.39 is 5.97 Å². The molecule has 1 aromatic heterocycles. The number of benzene rings is 2. The zero-order valence-electron chi connectivity index (χ0n) is 18.8. The smallest absolute Gasteiger partial charge is 0.339 e. The van der Waals surface area contributed by atoms with Gasteiger partial charge in [-0.1, -0.05) is 73.5 Å². The van der Waals surface area contributed by atoms with Gasteiger partial charge < -0.3 is 4.74 Å². The lowest BCUT2D eigenvalue weighted by atomic mass is 9.68. The van der Waals surface area contributed by atoms with Gasteiger partial charge in [0.1, 0.15) is 0 Å². The highest BCUT2D eigenvalue weighted by molar-refractivity contribution is 9.10. The number of hydrogen-bond acceptors (Lipinski definition) is 4. The lowest BCUT2D eigenvalue weighted by molar-refractivity contribution is 0.0474. The summed E-state index contributed by atoms with van der Waals surface area (Å²) in [6, 6.07) is 14.7. The number of aryl methyl sites for hydroxylation is 1. The average Bonchev–Trinajstić information content (AvgIpc) is 2.80. The monoisotopic (exact) mass is 493 g/mol. The number of Topliss-reactive ketones (excluding diaryl/α,β-unsaturated/α-hetero) is 1. The number of pyridine rings is 1. The Bertz CT molecular complexity index is 1170. The van der Waals surface area contributed by atoms with Crippen LogP contribution in [0.3, 0.4) is 0 Å². The number of nitrogens with zero attached hydrogens (tertiary/aromatic N) is 1. The van der Waals surface area contributed by atoms with E-state index in [9.17, 15) is 9.59 Å². The summed E-state index contributed by atoms with van der Waals surface area (Å²) in [4.78, 5) is 30.8. The largest absolute Gasteiger partial charge is 0.454 e. The van der Waals surface area contributed by atoms with Crippen molar-refractivity contribution in [1.82, 2.24) is 4.98 Å². The Balaban J connectivity index is 1.66. The summed E-state index contributed by atoms with van der Waals surface area (Å²) < 4.78 is 6.46. The molecule has 2 aromatic carbocycles. The minimum absolute atomic E-state index is 0.183. The Hall–Kier alpha value is -2.53. The molecule has 1 heterocycles. The summed E-state index contributed by atoms with van der Waals surface area (Å²) in [5.41, 5.74) is 4.05. The molecule has 3 aromatic rings. The molecule has 4 nitrogen and oxygen atoms in total. The number of para-hydroxylation sites is 1. The van der Waals surface area contributed by atoms with Gasteiger partial charge in [0.05, 0.1) is 11.1 Å². The van der Waals surface area contributed by atoms with Crippen LogP contribution in [-0.4, -0.2) is 23.3 Å². The Kier molecular flexibility index (Phi) is 6.47. The summed E-state index contributed by atoms with van der Waals surface area (Å²) in [5, 5.41) is 0.794. The molecule has 0 N–H and O–H groups in total. The third-order valence-corrected chi connectivity index (χ3v) is 7.51. The fraction of sp³-hybridized carbons (Fsp3) is 0.370. The molecule has 5 heteroatoms. The molecule has 0 amide bonds. The van der Waals surface area contributed by atoms with Crippen LogP contribution in [0.5, 0.6) is 0 Å². The maximum atomic E-state index is 13.3. The first-order chi connectivity index (χ1) is 15.3. The molecule has 4 rings (SSSR count). The summed E-state index contributed by atoms with van der Waals surface area (Å²) in [6.07, 6.45) is 3.80. The van der Waals surface area contributed by atoms with Crippen LogP contribution in [0.25, 0.3) is 10.9 Å². The van der Waals surface area contributed by atoms with Gasteiger partial charge >= 0.3 is 5.97 Å². The van der Waals surface area contributed by atoms with E-state index in [1.54, 1.807) is 24.3 Å². The molecule has 1 aliphatic rings. The molecule has 166 valence electrons. The maximum absolute atomic E-state index is 13.3. The van der Waals surface area contributed by atoms with Gasteiger partial charge in [0.25, 0.3) is 0 Å². The molecule has 0 aliphatic heterocycles. The lowest BCUT2D eigenvalue weighted by Gasteiger charge is -2.37. The van der Waals surface area contributed by atoms with Crippen molar-refractivity contribution < 1.29 is 14.3 Å². The van der Waals surface area contributed by atoms with Crippen LogP contribution < -0.4 is 0 Å². The zero-order valence-corrected chi connectivity index (χ0v) is 20.4. The SMILES string of the molecule is CCC(C)(C)C1CCc2nc3ccccc3c(C(=O)OCC(=O)c3ccc(Br)cc3)c2C1. The van der Waals surface area contributed by atoms with Gasteiger partial charge in [0.2, 0.25) is 0 Å². The first kappa shape index (κ1) is 22.7. The van der Waals surface area contributed by atoms with Crippen molar-refractivity contribution in [3.8, 4) is 0 Å². The average molecular weight is 494 g/mol. The second-order valence-corrected chi connectivity index (χ2v) is 10.1. The molecule has 1 aliphatic carbocycles. The standard InChI is InChI=1S/C27H28BrNO3/c1-4-27(2,3)18-11-14-23-21(15-18)25(20-7-5-6-8-22(20)29-23)26(31)32-16-24(30)17-9-12-19(28)13-10-17/h5-10,12-13,18H,4,11,14-16H2,1-3H3. The second kappa shape index (κ2) is 9.14. The van der Waals surface area contributed by atoms with E-state index in [4.69, 9.17) is 9.72 Å². The van der Waals surface area contributed by atoms with Crippen molar-refractivity contribution >= 4 is 38.6 Å². The molecule has 0 saturated heterocycles. The fourth-order valence-corrected chi connectivity index (χ4v) is 4.76. The zero-order chi connectivity index (χ0) is 22.9. The predicted octanol–water partition coefficient (Wildman–Crippen LogP) is 6.58. The fourth-order valence-electron chi connectivity index (χ4n) is 4.50. The van der Waals surface area contributed by atoms with Crippen LogP contribution in [0.4, 0.5) is 0 Å². The highest BCUT2D eigenvalue weighted by Gasteiger charge is 2.34. The van der Waals surface area contributed by atoms with Gasteiger partial charge in [0, 0.05) is 21.1 Å². The number of carbonyl (C=O) groups excluding carboxylic acids is 2. The molecule has 1 atom stereocenters. The first-order valence-electron chi connectivity index (χ1n) is 11.2. The Morgan fingerprint density at radius 3 is 2.56 bits per heavy atom. The molecule has 0 fully saturated rings. The number of esters is 1. The van der Waals surface area contributed by atoms with E-state index in [-0.39, 0.29) is 17.8 Å². The number of ketones is 1. The number of carbonyl (C=O) groups is 2. The third-order valence-electron chi connectivity index (χ3n) is 6.98. The number of fused-ring (bicyclic) bond motifs is 2. The molecule has 0 radical (unpaired) electrons. The quantitative estimate of drug-likeness (QED) is 0.287. The van der Waals surface area contributed by atoms with Crippen LogP contribution in [0.15, 0.2) is 53.0 Å². The molecular weight excluding hydrogens is 466 g/mol. The van der Waals surface area contributed by atoms with E-state index >= 15 is 0 Å². The lowest BCUT2D eigenvalue weighted by Crippen LogP contribution is -2.31. The van der Waals surface area contributed by atoms with Crippen LogP contribution >= 0.6 is 15.9 Å². The molecule has 0 saturated carbocycles. The van der Waals surface area contributed by atoms with E-state index in [0.29, 0.717) is 17.0 Å². The van der Waals surface area contributed by atoms with Gasteiger partial charge in [-0.3, -0.25) is 9.78 Å². The number of halogens is 1. The van der Waals surface area contributed by atoms with Crippen LogP contribution in [0.2, 0.25) is 0 Å². The summed E-state index contributed by atoms with van der Waals surface area (Å²) in [5.74, 6) is -0.192. The Labute approximate surface area is 197 Å². The molecule has 32 heavy (non-hydrogen) atoms. The second-order valence-electron chi connectivity index (χ2n) is 9.22.